The van der Waals surface area contributed by atoms with Crippen molar-refractivity contribution in [3.63, 3.8) is 0 Å². The molecular formula is C41H40F5N5O4. The highest BCUT2D eigenvalue weighted by molar-refractivity contribution is 6.13. The molecule has 0 aliphatic carbocycles. The molecule has 288 valence electrons. The van der Waals surface area contributed by atoms with Crippen molar-refractivity contribution >= 4 is 39.9 Å². The SMILES string of the molecule is O=C(Nc1n[nH]c2ccc(Cc3cc(F)cc(F)c3)cc12)c1ccc(N2CCC(COCc3ccccc3)CC2)cc1N(F)C(=O)C(F)(F)C1CCOCC1. The predicted octanol–water partition coefficient (Wildman–Crippen LogP) is 8.40. The third-order valence-electron chi connectivity index (χ3n) is 10.3. The van der Waals surface area contributed by atoms with Gasteiger partial charge < -0.3 is 19.7 Å². The van der Waals surface area contributed by atoms with Crippen LogP contribution in [0.1, 0.15) is 52.7 Å². The van der Waals surface area contributed by atoms with Crippen LogP contribution in [-0.2, 0) is 27.3 Å². The summed E-state index contributed by atoms with van der Waals surface area (Å²) in [6.45, 7) is 2.23. The van der Waals surface area contributed by atoms with Crippen LogP contribution in [0.3, 0.4) is 0 Å². The van der Waals surface area contributed by atoms with Crippen molar-refractivity contribution in [3.05, 3.63) is 119 Å². The Balaban J connectivity index is 1.11. The summed E-state index contributed by atoms with van der Waals surface area (Å²) >= 11 is 0. The molecule has 2 saturated heterocycles. The zero-order chi connectivity index (χ0) is 38.5. The molecule has 7 rings (SSSR count). The van der Waals surface area contributed by atoms with Gasteiger partial charge in [-0.05, 0) is 97.2 Å². The van der Waals surface area contributed by atoms with E-state index in [0.717, 1.165) is 24.5 Å². The van der Waals surface area contributed by atoms with Gasteiger partial charge in [0.15, 0.2) is 5.82 Å². The summed E-state index contributed by atoms with van der Waals surface area (Å²) in [6, 6.07) is 22.3. The lowest BCUT2D eigenvalue weighted by Gasteiger charge is -2.34. The number of halogens is 5. The Hall–Kier alpha value is -5.34. The van der Waals surface area contributed by atoms with Crippen LogP contribution in [0.15, 0.2) is 84.9 Å². The van der Waals surface area contributed by atoms with E-state index in [0.29, 0.717) is 54.0 Å². The number of nitrogens with zero attached hydrogens (tertiary/aromatic N) is 3. The summed E-state index contributed by atoms with van der Waals surface area (Å²) in [6.07, 6.45) is 1.45. The van der Waals surface area contributed by atoms with Gasteiger partial charge in [-0.2, -0.15) is 13.9 Å². The molecule has 0 radical (unpaired) electrons. The van der Waals surface area contributed by atoms with Gasteiger partial charge in [0.1, 0.15) is 11.6 Å². The predicted molar refractivity (Wildman–Crippen MR) is 198 cm³/mol. The maximum absolute atomic E-state index is 16.2. The highest BCUT2D eigenvalue weighted by Gasteiger charge is 2.51. The lowest BCUT2D eigenvalue weighted by molar-refractivity contribution is -0.159. The van der Waals surface area contributed by atoms with Crippen LogP contribution in [0.2, 0.25) is 0 Å². The van der Waals surface area contributed by atoms with Gasteiger partial charge in [0, 0.05) is 56.0 Å². The van der Waals surface area contributed by atoms with Crippen molar-refractivity contribution in [2.45, 2.75) is 44.6 Å². The first-order valence-electron chi connectivity index (χ1n) is 18.2. The van der Waals surface area contributed by atoms with Gasteiger partial charge in [-0.3, -0.25) is 14.7 Å². The van der Waals surface area contributed by atoms with Crippen LogP contribution >= 0.6 is 0 Å². The molecule has 4 aromatic carbocycles. The van der Waals surface area contributed by atoms with Gasteiger partial charge >= 0.3 is 11.8 Å². The van der Waals surface area contributed by atoms with E-state index in [1.807, 2.05) is 35.2 Å². The Kier molecular flexibility index (Phi) is 11.4. The van der Waals surface area contributed by atoms with Gasteiger partial charge in [0.05, 0.1) is 23.4 Å². The van der Waals surface area contributed by atoms with Crippen molar-refractivity contribution in [2.24, 2.45) is 11.8 Å². The van der Waals surface area contributed by atoms with Crippen LogP contribution < -0.4 is 15.3 Å². The number of carbonyl (C=O) groups excluding carboxylic acids is 2. The second-order valence-corrected chi connectivity index (χ2v) is 14.1. The average molecular weight is 762 g/mol. The third-order valence-corrected chi connectivity index (χ3v) is 10.3. The minimum atomic E-state index is -4.06. The summed E-state index contributed by atoms with van der Waals surface area (Å²) < 4.78 is 86.1. The number of carbonyl (C=O) groups is 2. The van der Waals surface area contributed by atoms with Crippen molar-refractivity contribution < 1.29 is 41.1 Å². The Labute approximate surface area is 314 Å². The maximum Gasteiger partial charge on any atom is 0.330 e. The third kappa shape index (κ3) is 8.81. The zero-order valence-electron chi connectivity index (χ0n) is 29.9. The zero-order valence-corrected chi connectivity index (χ0v) is 29.9. The van der Waals surface area contributed by atoms with E-state index in [1.54, 1.807) is 24.3 Å². The fourth-order valence-corrected chi connectivity index (χ4v) is 7.21. The standard InChI is InChI=1S/C41H40F5N5O4/c42-31-19-29(20-32(43)22-31)18-28-6-9-36-35(21-28)38(49-48-36)47-39(52)34-8-7-33(23-37(34)51(46)40(53)41(44,45)30-12-16-54-17-13-30)50-14-10-27(11-15-50)25-55-24-26-4-2-1-3-5-26/h1-9,19-23,27,30H,10-18,24-25H2,(H2,47,48,49,52). The largest absolute Gasteiger partial charge is 0.381 e. The number of piperidine rings is 1. The molecule has 9 nitrogen and oxygen atoms in total. The van der Waals surface area contributed by atoms with Crippen LogP contribution in [-0.4, -0.2) is 60.8 Å². The number of rotatable bonds is 12. The van der Waals surface area contributed by atoms with E-state index >= 15 is 13.3 Å². The molecule has 2 aliphatic heterocycles. The minimum Gasteiger partial charge on any atom is -0.381 e. The molecule has 2 N–H and O–H groups in total. The van der Waals surface area contributed by atoms with Crippen LogP contribution in [0.25, 0.3) is 10.9 Å². The Morgan fingerprint density at radius 2 is 1.62 bits per heavy atom. The topological polar surface area (TPSA) is 99.8 Å². The number of amides is 2. The monoisotopic (exact) mass is 761 g/mol. The fraction of sp³-hybridized carbons (Fsp3) is 0.341. The van der Waals surface area contributed by atoms with Gasteiger partial charge in [-0.1, -0.05) is 40.9 Å². The molecule has 55 heavy (non-hydrogen) atoms. The summed E-state index contributed by atoms with van der Waals surface area (Å²) in [5.74, 6) is -9.55. The number of hydrogen-bond donors (Lipinski definition) is 2. The number of alkyl halides is 2. The van der Waals surface area contributed by atoms with Crippen molar-refractivity contribution in [3.8, 4) is 0 Å². The van der Waals surface area contributed by atoms with E-state index < -0.39 is 46.1 Å². The molecular weight excluding hydrogens is 721 g/mol. The molecule has 5 aromatic rings. The van der Waals surface area contributed by atoms with E-state index in [4.69, 9.17) is 9.47 Å². The molecule has 2 fully saturated rings. The van der Waals surface area contributed by atoms with Crippen molar-refractivity contribution in [1.29, 1.82) is 0 Å². The highest BCUT2D eigenvalue weighted by Crippen LogP contribution is 2.38. The second kappa shape index (κ2) is 16.6. The van der Waals surface area contributed by atoms with Crippen molar-refractivity contribution in [1.82, 2.24) is 10.2 Å². The highest BCUT2D eigenvalue weighted by atomic mass is 19.3. The summed E-state index contributed by atoms with van der Waals surface area (Å²) in [4.78, 5) is 29.0. The molecule has 0 atom stereocenters. The minimum absolute atomic E-state index is 0.0225. The van der Waals surface area contributed by atoms with Gasteiger partial charge in [0.2, 0.25) is 0 Å². The molecule has 0 saturated carbocycles. The molecule has 14 heteroatoms. The van der Waals surface area contributed by atoms with Crippen molar-refractivity contribution in [2.75, 3.05) is 48.2 Å². The summed E-state index contributed by atoms with van der Waals surface area (Å²) in [5, 5.41) is 9.43. The Bertz CT molecular complexity index is 2110. The lowest BCUT2D eigenvalue weighted by Crippen LogP contribution is -2.47. The van der Waals surface area contributed by atoms with Crippen LogP contribution in [0, 0.1) is 23.5 Å². The lowest BCUT2D eigenvalue weighted by atomic mass is 9.92. The van der Waals surface area contributed by atoms with E-state index in [9.17, 15) is 18.4 Å². The summed E-state index contributed by atoms with van der Waals surface area (Å²) in [7, 11) is 0. The number of ether oxygens (including phenoxy) is 2. The number of hydrogen-bond acceptors (Lipinski definition) is 6. The fourth-order valence-electron chi connectivity index (χ4n) is 7.21. The number of H-pyrrole nitrogens is 1. The first-order valence-corrected chi connectivity index (χ1v) is 18.2. The molecule has 0 unspecified atom stereocenters. The number of benzene rings is 4. The number of nitrogens with one attached hydrogen (secondary N) is 2. The average Bonchev–Trinajstić information content (AvgIpc) is 3.59. The first kappa shape index (κ1) is 38.0. The molecule has 0 spiro atoms. The quantitative estimate of drug-likeness (QED) is 0.0980. The first-order chi connectivity index (χ1) is 26.5. The van der Waals surface area contributed by atoms with Gasteiger partial charge in [0.25, 0.3) is 5.91 Å². The number of fused-ring (bicyclic) bond motifs is 1. The van der Waals surface area contributed by atoms with E-state index in [2.05, 4.69) is 15.5 Å². The smallest absolute Gasteiger partial charge is 0.330 e. The molecule has 2 amide bonds. The second-order valence-electron chi connectivity index (χ2n) is 14.1. The maximum atomic E-state index is 16.2. The molecule has 0 bridgehead atoms. The number of aromatic amines is 1. The van der Waals surface area contributed by atoms with E-state index in [1.165, 1.54) is 24.3 Å². The van der Waals surface area contributed by atoms with E-state index in [-0.39, 0.29) is 49.8 Å². The number of aromatic nitrogens is 2. The van der Waals surface area contributed by atoms with Crippen LogP contribution in [0.5, 0.6) is 0 Å². The number of anilines is 3. The Morgan fingerprint density at radius 3 is 2.35 bits per heavy atom. The van der Waals surface area contributed by atoms with Gasteiger partial charge in [-0.15, -0.1) is 5.12 Å². The molecule has 2 aliphatic rings. The Morgan fingerprint density at radius 1 is 0.891 bits per heavy atom. The van der Waals surface area contributed by atoms with Crippen LogP contribution in [0.4, 0.5) is 39.2 Å². The molecule has 1 aromatic heterocycles. The summed E-state index contributed by atoms with van der Waals surface area (Å²) in [5.41, 5.74) is 2.11. The molecule has 3 heterocycles. The normalized spacial score (nSPS) is 15.7. The van der Waals surface area contributed by atoms with Gasteiger partial charge in [-0.25, -0.2) is 8.78 Å².